The Morgan fingerprint density at radius 1 is 1.60 bits per heavy atom. The predicted octanol–water partition coefficient (Wildman–Crippen LogP) is -0.524. The molecular weight excluding hydrogens is 198 g/mol. The number of anilines is 1. The van der Waals surface area contributed by atoms with Crippen LogP contribution in [0.15, 0.2) is 12.4 Å². The average molecular weight is 211 g/mol. The number of aliphatic carboxylic acids is 1. The molecule has 0 fully saturated rings. The van der Waals surface area contributed by atoms with Gasteiger partial charge < -0.3 is 16.2 Å². The van der Waals surface area contributed by atoms with E-state index in [4.69, 9.17) is 10.8 Å². The van der Waals surface area contributed by atoms with Crippen molar-refractivity contribution in [1.82, 2.24) is 15.2 Å². The van der Waals surface area contributed by atoms with Crippen molar-refractivity contribution in [3.05, 3.63) is 12.4 Å². The van der Waals surface area contributed by atoms with Crippen LogP contribution in [0.25, 0.3) is 0 Å². The van der Waals surface area contributed by atoms with Gasteiger partial charge in [0.15, 0.2) is 0 Å². The number of nitrogens with zero attached hydrogens (tertiary/aromatic N) is 3. The molecule has 1 atom stereocenters. The van der Waals surface area contributed by atoms with E-state index in [9.17, 15) is 4.79 Å². The van der Waals surface area contributed by atoms with Crippen molar-refractivity contribution >= 4 is 11.9 Å². The number of carbonyl (C=O) groups is 1. The summed E-state index contributed by atoms with van der Waals surface area (Å²) in [6, 6.07) is -0.804. The zero-order valence-corrected chi connectivity index (χ0v) is 8.13. The first-order valence-corrected chi connectivity index (χ1v) is 4.56. The fraction of sp³-hybridized carbons (Fsp3) is 0.500. The summed E-state index contributed by atoms with van der Waals surface area (Å²) in [5.74, 6) is -0.547. The van der Waals surface area contributed by atoms with E-state index < -0.39 is 12.0 Å². The van der Waals surface area contributed by atoms with Crippen LogP contribution >= 0.6 is 0 Å². The Labute approximate surface area is 86.7 Å². The minimum absolute atomic E-state index is 0.419. The first kappa shape index (κ1) is 11.3. The number of hydrogen-bond acceptors (Lipinski definition) is 6. The van der Waals surface area contributed by atoms with E-state index in [1.165, 1.54) is 12.4 Å². The van der Waals surface area contributed by atoms with Gasteiger partial charge in [-0.15, -0.1) is 5.10 Å². The summed E-state index contributed by atoms with van der Waals surface area (Å²) in [5.41, 5.74) is 5.33. The highest BCUT2D eigenvalue weighted by Gasteiger charge is 2.09. The normalized spacial score (nSPS) is 12.1. The van der Waals surface area contributed by atoms with Crippen LogP contribution in [0.2, 0.25) is 0 Å². The second-order valence-electron chi connectivity index (χ2n) is 2.98. The standard InChI is InChI=1S/C8H13N5O2/c9-6(7(14)15)2-1-3-10-8-11-4-5-12-13-8/h4-6H,1-3,9H2,(H,14,15)(H,10,11,13). The van der Waals surface area contributed by atoms with Crippen molar-refractivity contribution in [2.75, 3.05) is 11.9 Å². The monoisotopic (exact) mass is 211 g/mol. The van der Waals surface area contributed by atoms with Gasteiger partial charge in [-0.1, -0.05) is 0 Å². The van der Waals surface area contributed by atoms with Crippen LogP contribution < -0.4 is 11.1 Å². The third-order valence-corrected chi connectivity index (χ3v) is 1.77. The van der Waals surface area contributed by atoms with Gasteiger partial charge in [0.1, 0.15) is 6.04 Å². The van der Waals surface area contributed by atoms with Crippen molar-refractivity contribution in [2.45, 2.75) is 18.9 Å². The van der Waals surface area contributed by atoms with Crippen LogP contribution in [0, 0.1) is 0 Å². The van der Waals surface area contributed by atoms with Gasteiger partial charge in [0, 0.05) is 6.54 Å². The van der Waals surface area contributed by atoms with Gasteiger partial charge >= 0.3 is 5.97 Å². The summed E-state index contributed by atoms with van der Waals surface area (Å²) in [4.78, 5) is 14.3. The molecule has 7 nitrogen and oxygen atoms in total. The van der Waals surface area contributed by atoms with E-state index >= 15 is 0 Å². The first-order valence-electron chi connectivity index (χ1n) is 4.56. The highest BCUT2D eigenvalue weighted by Crippen LogP contribution is 1.97. The van der Waals surface area contributed by atoms with Gasteiger partial charge in [0.2, 0.25) is 5.95 Å². The highest BCUT2D eigenvalue weighted by molar-refractivity contribution is 5.72. The maximum Gasteiger partial charge on any atom is 0.320 e. The molecule has 1 unspecified atom stereocenters. The molecule has 1 heterocycles. The molecule has 1 aromatic rings. The Morgan fingerprint density at radius 3 is 3.00 bits per heavy atom. The zero-order chi connectivity index (χ0) is 11.1. The molecule has 1 aromatic heterocycles. The Kier molecular flexibility index (Phi) is 4.42. The van der Waals surface area contributed by atoms with Crippen LogP contribution in [0.5, 0.6) is 0 Å². The molecular formula is C8H13N5O2. The van der Waals surface area contributed by atoms with Gasteiger partial charge in [-0.25, -0.2) is 4.98 Å². The average Bonchev–Trinajstić information content (AvgIpc) is 2.25. The Bertz CT molecular complexity index is 305. The SMILES string of the molecule is NC(CCCNc1nccnn1)C(=O)O. The van der Waals surface area contributed by atoms with E-state index in [0.717, 1.165) is 0 Å². The minimum atomic E-state index is -0.979. The molecule has 0 amide bonds. The van der Waals surface area contributed by atoms with Gasteiger partial charge in [-0.2, -0.15) is 5.10 Å². The first-order chi connectivity index (χ1) is 7.20. The third kappa shape index (κ3) is 4.32. The quantitative estimate of drug-likeness (QED) is 0.542. The van der Waals surface area contributed by atoms with Crippen LogP contribution in [0.3, 0.4) is 0 Å². The van der Waals surface area contributed by atoms with Crippen molar-refractivity contribution in [1.29, 1.82) is 0 Å². The van der Waals surface area contributed by atoms with Crippen molar-refractivity contribution in [2.24, 2.45) is 5.73 Å². The van der Waals surface area contributed by atoms with Gasteiger partial charge in [-0.3, -0.25) is 4.79 Å². The Morgan fingerprint density at radius 2 is 2.40 bits per heavy atom. The second kappa shape index (κ2) is 5.86. The van der Waals surface area contributed by atoms with Crippen LogP contribution in [0.4, 0.5) is 5.95 Å². The van der Waals surface area contributed by atoms with E-state index in [1.807, 2.05) is 0 Å². The molecule has 0 spiro atoms. The van der Waals surface area contributed by atoms with Gasteiger partial charge in [0.05, 0.1) is 12.4 Å². The molecule has 7 heteroatoms. The number of carboxylic acids is 1. The Hall–Kier alpha value is -1.76. The summed E-state index contributed by atoms with van der Waals surface area (Å²) in [7, 11) is 0. The number of hydrogen-bond donors (Lipinski definition) is 3. The van der Waals surface area contributed by atoms with E-state index in [2.05, 4.69) is 20.5 Å². The number of nitrogens with one attached hydrogen (secondary N) is 1. The molecule has 0 aliphatic rings. The molecule has 4 N–H and O–H groups in total. The zero-order valence-electron chi connectivity index (χ0n) is 8.13. The van der Waals surface area contributed by atoms with Crippen molar-refractivity contribution < 1.29 is 9.90 Å². The lowest BCUT2D eigenvalue weighted by Crippen LogP contribution is -2.30. The maximum absolute atomic E-state index is 10.4. The van der Waals surface area contributed by atoms with Gasteiger partial charge in [-0.05, 0) is 12.8 Å². The van der Waals surface area contributed by atoms with E-state index in [-0.39, 0.29) is 0 Å². The number of nitrogens with two attached hydrogens (primary N) is 1. The van der Waals surface area contributed by atoms with E-state index in [0.29, 0.717) is 25.3 Å². The Balaban J connectivity index is 2.15. The minimum Gasteiger partial charge on any atom is -0.480 e. The topological polar surface area (TPSA) is 114 Å². The molecule has 15 heavy (non-hydrogen) atoms. The molecule has 0 aromatic carbocycles. The summed E-state index contributed by atoms with van der Waals surface area (Å²) in [6.45, 7) is 0.576. The van der Waals surface area contributed by atoms with Crippen LogP contribution in [0.1, 0.15) is 12.8 Å². The van der Waals surface area contributed by atoms with Crippen molar-refractivity contribution in [3.8, 4) is 0 Å². The lowest BCUT2D eigenvalue weighted by atomic mass is 10.2. The van der Waals surface area contributed by atoms with E-state index in [1.54, 1.807) is 0 Å². The molecule has 1 rings (SSSR count). The molecule has 0 saturated carbocycles. The summed E-state index contributed by atoms with van der Waals surface area (Å²) in [5, 5.41) is 18.8. The predicted molar refractivity (Wildman–Crippen MR) is 53.2 cm³/mol. The molecule has 0 bridgehead atoms. The molecule has 0 aliphatic heterocycles. The highest BCUT2D eigenvalue weighted by atomic mass is 16.4. The van der Waals surface area contributed by atoms with Crippen LogP contribution in [-0.2, 0) is 4.79 Å². The summed E-state index contributed by atoms with van der Waals surface area (Å²) < 4.78 is 0. The maximum atomic E-state index is 10.4. The van der Waals surface area contributed by atoms with Crippen LogP contribution in [-0.4, -0.2) is 38.8 Å². The molecule has 0 saturated heterocycles. The summed E-state index contributed by atoms with van der Waals surface area (Å²) in [6.07, 6.45) is 4.07. The number of rotatable bonds is 6. The third-order valence-electron chi connectivity index (χ3n) is 1.77. The molecule has 0 aliphatic carbocycles. The van der Waals surface area contributed by atoms with Gasteiger partial charge in [0.25, 0.3) is 0 Å². The lowest BCUT2D eigenvalue weighted by Gasteiger charge is -2.06. The number of carboxylic acid groups (broad SMARTS) is 1. The fourth-order valence-corrected chi connectivity index (χ4v) is 0.974. The smallest absolute Gasteiger partial charge is 0.320 e. The second-order valence-corrected chi connectivity index (χ2v) is 2.98. The molecule has 82 valence electrons. The number of aromatic nitrogens is 3. The molecule has 0 radical (unpaired) electrons. The van der Waals surface area contributed by atoms with Crippen molar-refractivity contribution in [3.63, 3.8) is 0 Å². The fourth-order valence-electron chi connectivity index (χ4n) is 0.974. The summed E-state index contributed by atoms with van der Waals surface area (Å²) >= 11 is 0. The lowest BCUT2D eigenvalue weighted by molar-refractivity contribution is -0.138. The largest absolute Gasteiger partial charge is 0.480 e.